The van der Waals surface area contributed by atoms with Gasteiger partial charge < -0.3 is 19.4 Å². The first-order valence-corrected chi connectivity index (χ1v) is 15.2. The lowest BCUT2D eigenvalue weighted by Gasteiger charge is -2.38. The van der Waals surface area contributed by atoms with Crippen LogP contribution in [-0.4, -0.2) is 112 Å². The predicted octanol–water partition coefficient (Wildman–Crippen LogP) is 1.33. The molecule has 2 aliphatic heterocycles. The van der Waals surface area contributed by atoms with Gasteiger partial charge in [-0.2, -0.15) is 5.10 Å². The lowest BCUT2D eigenvalue weighted by Crippen LogP contribution is -2.55. The van der Waals surface area contributed by atoms with Crippen molar-refractivity contribution in [2.75, 3.05) is 58.9 Å². The molecule has 3 heterocycles. The highest BCUT2D eigenvalue weighted by Crippen LogP contribution is 2.17. The number of hydrogen-bond donors (Lipinski definition) is 1. The number of nitrogens with one attached hydrogen (secondary N) is 1. The Morgan fingerprint density at radius 1 is 0.977 bits per heavy atom. The molecule has 238 valence electrons. The summed E-state index contributed by atoms with van der Waals surface area (Å²) in [5, 5.41) is 8.04. The SMILES string of the molecule is C/C=c1/c(=O)[nH]nc(Cc2ccc(F)c(C(=O)N3CCN(C(=O)CN4CCN(C(=O)OC(C)(C)C)CC4)CC3)c2)/c1=C/CC. The van der Waals surface area contributed by atoms with Crippen LogP contribution in [0.5, 0.6) is 0 Å². The number of ether oxygens (including phenoxy) is 1. The first-order valence-electron chi connectivity index (χ1n) is 15.2. The molecule has 2 fully saturated rings. The summed E-state index contributed by atoms with van der Waals surface area (Å²) in [5.74, 6) is -1.07. The van der Waals surface area contributed by atoms with Gasteiger partial charge in [-0.05, 0) is 51.8 Å². The smallest absolute Gasteiger partial charge is 0.410 e. The molecule has 12 heteroatoms. The molecule has 1 aromatic carbocycles. The Morgan fingerprint density at radius 3 is 2.23 bits per heavy atom. The molecular weight excluding hydrogens is 567 g/mol. The van der Waals surface area contributed by atoms with Gasteiger partial charge in [-0.25, -0.2) is 14.3 Å². The molecule has 2 aromatic rings. The van der Waals surface area contributed by atoms with Crippen LogP contribution in [0.1, 0.15) is 62.7 Å². The number of nitrogens with zero attached hydrogens (tertiary/aromatic N) is 5. The molecule has 0 aliphatic carbocycles. The standard InChI is InChI=1S/C32H43FN6O5/c1-6-8-24-23(7-2)29(41)35-34-27(24)20-22-9-10-26(33)25(19-22)30(42)38-17-15-37(16-18-38)28(40)21-36-11-13-39(14-12-36)31(43)44-32(3,4)5/h7-10,19H,6,11-18,20-21H2,1-5H3,(H,35,41)/b23-7+,24-8+. The van der Waals surface area contributed by atoms with E-state index in [-0.39, 0.29) is 29.7 Å². The van der Waals surface area contributed by atoms with Crippen LogP contribution in [-0.2, 0) is 16.0 Å². The van der Waals surface area contributed by atoms with Crippen LogP contribution < -0.4 is 16.0 Å². The van der Waals surface area contributed by atoms with E-state index in [1.54, 1.807) is 39.8 Å². The molecule has 0 radical (unpaired) electrons. The largest absolute Gasteiger partial charge is 0.444 e. The van der Waals surface area contributed by atoms with E-state index in [4.69, 9.17) is 4.74 Å². The van der Waals surface area contributed by atoms with Crippen molar-refractivity contribution < 1.29 is 23.5 Å². The highest BCUT2D eigenvalue weighted by molar-refractivity contribution is 5.95. The van der Waals surface area contributed by atoms with Gasteiger partial charge >= 0.3 is 6.09 Å². The molecule has 0 saturated carbocycles. The molecule has 1 aromatic heterocycles. The normalized spacial score (nSPS) is 17.3. The van der Waals surface area contributed by atoms with Crippen molar-refractivity contribution in [1.29, 1.82) is 0 Å². The molecule has 1 N–H and O–H groups in total. The van der Waals surface area contributed by atoms with Gasteiger partial charge in [0.05, 0.1) is 17.8 Å². The minimum absolute atomic E-state index is 0.0298. The Hall–Kier alpha value is -4.06. The van der Waals surface area contributed by atoms with E-state index in [1.807, 2.05) is 38.7 Å². The van der Waals surface area contributed by atoms with Gasteiger partial charge in [0, 0.05) is 69.2 Å². The second-order valence-electron chi connectivity index (χ2n) is 12.1. The first-order chi connectivity index (χ1) is 20.9. The fraction of sp³-hybridized carbons (Fsp3) is 0.531. The van der Waals surface area contributed by atoms with E-state index in [9.17, 15) is 23.6 Å². The number of aromatic nitrogens is 2. The van der Waals surface area contributed by atoms with Crippen LogP contribution in [0.15, 0.2) is 23.0 Å². The topological polar surface area (TPSA) is 119 Å². The fourth-order valence-corrected chi connectivity index (χ4v) is 5.44. The molecule has 0 unspecified atom stereocenters. The number of amides is 3. The Morgan fingerprint density at radius 2 is 1.61 bits per heavy atom. The molecule has 0 atom stereocenters. The second-order valence-corrected chi connectivity index (χ2v) is 12.1. The molecule has 3 amide bonds. The Bertz CT molecular complexity index is 1550. The number of halogens is 1. The van der Waals surface area contributed by atoms with Gasteiger partial charge in [0.25, 0.3) is 11.5 Å². The number of piperazine rings is 2. The van der Waals surface area contributed by atoms with Gasteiger partial charge in [-0.3, -0.25) is 19.3 Å². The highest BCUT2D eigenvalue weighted by atomic mass is 19.1. The van der Waals surface area contributed by atoms with Crippen molar-refractivity contribution in [3.63, 3.8) is 0 Å². The number of carbonyl (C=O) groups excluding carboxylic acids is 3. The minimum atomic E-state index is -0.611. The molecular formula is C32H43FN6O5. The summed E-state index contributed by atoms with van der Waals surface area (Å²) < 4.78 is 20.3. The maximum absolute atomic E-state index is 14.9. The summed E-state index contributed by atoms with van der Waals surface area (Å²) in [6.45, 7) is 12.9. The van der Waals surface area contributed by atoms with Crippen LogP contribution >= 0.6 is 0 Å². The fourth-order valence-electron chi connectivity index (χ4n) is 5.44. The monoisotopic (exact) mass is 610 g/mol. The zero-order valence-electron chi connectivity index (χ0n) is 26.3. The van der Waals surface area contributed by atoms with Crippen molar-refractivity contribution in [3.05, 3.63) is 61.6 Å². The van der Waals surface area contributed by atoms with E-state index in [1.165, 1.54) is 6.07 Å². The quantitative estimate of drug-likeness (QED) is 0.524. The van der Waals surface area contributed by atoms with E-state index < -0.39 is 17.3 Å². The summed E-state index contributed by atoms with van der Waals surface area (Å²) in [6.07, 6.45) is 4.36. The Balaban J connectivity index is 1.33. The number of benzene rings is 1. The van der Waals surface area contributed by atoms with Crippen molar-refractivity contribution in [1.82, 2.24) is 29.8 Å². The van der Waals surface area contributed by atoms with Crippen LogP contribution in [0.3, 0.4) is 0 Å². The van der Waals surface area contributed by atoms with Crippen LogP contribution in [0.4, 0.5) is 9.18 Å². The number of H-pyrrole nitrogens is 1. The molecule has 2 saturated heterocycles. The zero-order valence-corrected chi connectivity index (χ0v) is 26.3. The first kappa shape index (κ1) is 32.8. The minimum Gasteiger partial charge on any atom is -0.444 e. The second kappa shape index (κ2) is 14.1. The third-order valence-electron chi connectivity index (χ3n) is 7.77. The Kier molecular flexibility index (Phi) is 10.6. The summed E-state index contributed by atoms with van der Waals surface area (Å²) >= 11 is 0. The number of rotatable bonds is 6. The summed E-state index contributed by atoms with van der Waals surface area (Å²) in [5.41, 5.74) is 0.479. The van der Waals surface area contributed by atoms with Gasteiger partial charge in [0.1, 0.15) is 11.4 Å². The molecule has 4 rings (SSSR count). The lowest BCUT2D eigenvalue weighted by atomic mass is 10.0. The number of hydrogen-bond acceptors (Lipinski definition) is 7. The van der Waals surface area contributed by atoms with Crippen molar-refractivity contribution in [2.24, 2.45) is 0 Å². The summed E-state index contributed by atoms with van der Waals surface area (Å²) in [4.78, 5) is 57.9. The van der Waals surface area contributed by atoms with E-state index >= 15 is 0 Å². The predicted molar refractivity (Wildman–Crippen MR) is 165 cm³/mol. The Labute approximate surface area is 256 Å². The lowest BCUT2D eigenvalue weighted by molar-refractivity contribution is -0.134. The van der Waals surface area contributed by atoms with Crippen molar-refractivity contribution in [2.45, 2.75) is 53.1 Å². The number of aromatic amines is 1. The van der Waals surface area contributed by atoms with Gasteiger partial charge in [-0.1, -0.05) is 25.1 Å². The maximum Gasteiger partial charge on any atom is 0.410 e. The summed E-state index contributed by atoms with van der Waals surface area (Å²) in [6, 6.07) is 4.45. The van der Waals surface area contributed by atoms with Gasteiger partial charge in [0.2, 0.25) is 5.91 Å². The summed E-state index contributed by atoms with van der Waals surface area (Å²) in [7, 11) is 0. The van der Waals surface area contributed by atoms with E-state index in [0.717, 1.165) is 5.22 Å². The highest BCUT2D eigenvalue weighted by Gasteiger charge is 2.30. The average molecular weight is 611 g/mol. The molecule has 0 bridgehead atoms. The van der Waals surface area contributed by atoms with E-state index in [0.29, 0.717) is 81.7 Å². The van der Waals surface area contributed by atoms with Crippen LogP contribution in [0.2, 0.25) is 0 Å². The van der Waals surface area contributed by atoms with Gasteiger partial charge in [-0.15, -0.1) is 0 Å². The molecule has 0 spiro atoms. The molecule has 11 nitrogen and oxygen atoms in total. The average Bonchev–Trinajstić information content (AvgIpc) is 2.99. The zero-order chi connectivity index (χ0) is 32.0. The van der Waals surface area contributed by atoms with Gasteiger partial charge in [0.15, 0.2) is 0 Å². The van der Waals surface area contributed by atoms with Crippen LogP contribution in [0.25, 0.3) is 12.2 Å². The van der Waals surface area contributed by atoms with Crippen molar-refractivity contribution in [3.8, 4) is 0 Å². The van der Waals surface area contributed by atoms with E-state index in [2.05, 4.69) is 10.2 Å². The third kappa shape index (κ3) is 8.10. The van der Waals surface area contributed by atoms with Crippen molar-refractivity contribution >= 4 is 30.1 Å². The molecule has 2 aliphatic rings. The maximum atomic E-state index is 14.9. The molecule has 44 heavy (non-hydrogen) atoms. The van der Waals surface area contributed by atoms with Crippen LogP contribution in [0, 0.1) is 5.82 Å². The number of carbonyl (C=O) groups is 3. The third-order valence-corrected chi connectivity index (χ3v) is 7.77.